The van der Waals surface area contributed by atoms with Crippen LogP contribution in [0.15, 0.2) is 43.0 Å². The lowest BCUT2D eigenvalue weighted by atomic mass is 10.2. The van der Waals surface area contributed by atoms with Gasteiger partial charge in [-0.25, -0.2) is 14.6 Å². The Morgan fingerprint density at radius 1 is 1.31 bits per heavy atom. The quantitative estimate of drug-likeness (QED) is 0.491. The third-order valence-electron chi connectivity index (χ3n) is 3.69. The summed E-state index contributed by atoms with van der Waals surface area (Å²) in [6, 6.07) is 7.08. The van der Waals surface area contributed by atoms with Crippen LogP contribution >= 0.6 is 11.3 Å². The number of esters is 1. The molecule has 0 aliphatic rings. The van der Waals surface area contributed by atoms with E-state index in [2.05, 4.69) is 15.6 Å². The molecule has 2 amide bonds. The number of nitrogens with one attached hydrogen (secondary N) is 2. The van der Waals surface area contributed by atoms with Gasteiger partial charge in [0.2, 0.25) is 0 Å². The summed E-state index contributed by atoms with van der Waals surface area (Å²) in [7, 11) is 0. The van der Waals surface area contributed by atoms with Gasteiger partial charge in [-0.3, -0.25) is 0 Å². The number of urea groups is 1. The average Bonchev–Trinajstić information content (AvgIpc) is 3.28. The molecular weight excluding hydrogens is 352 g/mol. The summed E-state index contributed by atoms with van der Waals surface area (Å²) in [5.74, 6) is -0.321. The number of aryl methyl sites for hydroxylation is 1. The van der Waals surface area contributed by atoms with Crippen molar-refractivity contribution < 1.29 is 14.3 Å². The van der Waals surface area contributed by atoms with Crippen LogP contribution in [0.4, 0.5) is 10.5 Å². The number of carbonyl (C=O) groups excluding carboxylic acids is 2. The number of ether oxygens (including phenoxy) is 1. The number of aromatic nitrogens is 2. The summed E-state index contributed by atoms with van der Waals surface area (Å²) >= 11 is 1.38. The van der Waals surface area contributed by atoms with E-state index in [0.717, 1.165) is 23.1 Å². The van der Waals surface area contributed by atoms with E-state index in [1.54, 1.807) is 25.5 Å². The summed E-state index contributed by atoms with van der Waals surface area (Å²) in [6.07, 6.45) is 6.19. The van der Waals surface area contributed by atoms with E-state index in [1.807, 2.05) is 29.0 Å². The first-order valence-electron chi connectivity index (χ1n) is 8.37. The molecule has 8 heteroatoms. The van der Waals surface area contributed by atoms with E-state index < -0.39 is 0 Å². The Morgan fingerprint density at radius 2 is 2.19 bits per heavy atom. The largest absolute Gasteiger partial charge is 0.462 e. The van der Waals surface area contributed by atoms with Gasteiger partial charge in [0.05, 0.1) is 12.9 Å². The van der Waals surface area contributed by atoms with Gasteiger partial charge in [0.1, 0.15) is 4.88 Å². The van der Waals surface area contributed by atoms with Gasteiger partial charge in [-0.15, -0.1) is 11.3 Å². The summed E-state index contributed by atoms with van der Waals surface area (Å²) in [5, 5.41) is 6.54. The van der Waals surface area contributed by atoms with Crippen LogP contribution in [-0.2, 0) is 11.3 Å². The molecule has 3 rings (SSSR count). The van der Waals surface area contributed by atoms with Crippen molar-refractivity contribution in [2.45, 2.75) is 19.9 Å². The number of benzene rings is 1. The Balaban J connectivity index is 1.52. The lowest BCUT2D eigenvalue weighted by molar-refractivity contribution is 0.0532. The minimum Gasteiger partial charge on any atom is -0.462 e. The molecule has 7 nitrogen and oxygen atoms in total. The fourth-order valence-electron chi connectivity index (χ4n) is 2.48. The molecule has 0 aliphatic heterocycles. The predicted molar refractivity (Wildman–Crippen MR) is 102 cm³/mol. The lowest BCUT2D eigenvalue weighted by Crippen LogP contribution is -2.29. The molecule has 0 saturated heterocycles. The molecule has 0 spiro atoms. The molecule has 26 heavy (non-hydrogen) atoms. The molecule has 0 unspecified atom stereocenters. The Hall–Kier alpha value is -2.87. The molecule has 0 radical (unpaired) electrons. The molecule has 0 aliphatic carbocycles. The molecule has 3 aromatic rings. The van der Waals surface area contributed by atoms with E-state index in [-0.39, 0.29) is 12.0 Å². The Bertz CT molecular complexity index is 889. The first-order chi connectivity index (χ1) is 12.7. The van der Waals surface area contributed by atoms with Crippen molar-refractivity contribution in [3.8, 4) is 0 Å². The van der Waals surface area contributed by atoms with Gasteiger partial charge in [0.15, 0.2) is 0 Å². The average molecular weight is 372 g/mol. The van der Waals surface area contributed by atoms with Crippen molar-refractivity contribution in [1.29, 1.82) is 0 Å². The van der Waals surface area contributed by atoms with Crippen molar-refractivity contribution in [3.05, 3.63) is 47.9 Å². The van der Waals surface area contributed by atoms with Crippen LogP contribution in [0.5, 0.6) is 0 Å². The second-order valence-electron chi connectivity index (χ2n) is 5.62. The summed E-state index contributed by atoms with van der Waals surface area (Å²) < 4.78 is 7.96. The predicted octanol–water partition coefficient (Wildman–Crippen LogP) is 3.49. The molecule has 2 heterocycles. The fraction of sp³-hybridized carbons (Fsp3) is 0.278. The zero-order valence-electron chi connectivity index (χ0n) is 14.4. The van der Waals surface area contributed by atoms with Crippen molar-refractivity contribution in [1.82, 2.24) is 14.9 Å². The van der Waals surface area contributed by atoms with Gasteiger partial charge in [0.25, 0.3) is 0 Å². The zero-order valence-corrected chi connectivity index (χ0v) is 15.2. The van der Waals surface area contributed by atoms with Crippen molar-refractivity contribution in [3.63, 3.8) is 0 Å². The number of fused-ring (bicyclic) bond motifs is 1. The SMILES string of the molecule is CCOC(=O)c1cc2cc(NC(=O)NCCCn3ccnc3)ccc2s1. The first kappa shape index (κ1) is 17.9. The highest BCUT2D eigenvalue weighted by atomic mass is 32.1. The van der Waals surface area contributed by atoms with E-state index in [9.17, 15) is 9.59 Å². The van der Waals surface area contributed by atoms with Crippen LogP contribution in [0.1, 0.15) is 23.0 Å². The third kappa shape index (κ3) is 4.60. The lowest BCUT2D eigenvalue weighted by Gasteiger charge is -2.08. The van der Waals surface area contributed by atoms with Crippen LogP contribution in [0, 0.1) is 0 Å². The highest BCUT2D eigenvalue weighted by Crippen LogP contribution is 2.28. The van der Waals surface area contributed by atoms with Gasteiger partial charge in [0, 0.05) is 35.9 Å². The van der Waals surface area contributed by atoms with Crippen molar-refractivity contribution >= 4 is 39.1 Å². The molecule has 0 fully saturated rings. The number of thiophene rings is 1. The number of amides is 2. The first-order valence-corrected chi connectivity index (χ1v) is 9.18. The molecule has 1 aromatic carbocycles. The second kappa shape index (κ2) is 8.48. The Kier molecular flexibility index (Phi) is 5.85. The molecule has 0 atom stereocenters. The number of hydrogen-bond donors (Lipinski definition) is 2. The van der Waals surface area contributed by atoms with Crippen LogP contribution in [-0.4, -0.2) is 34.7 Å². The van der Waals surface area contributed by atoms with Crippen LogP contribution in [0.25, 0.3) is 10.1 Å². The fourth-order valence-corrected chi connectivity index (χ4v) is 3.42. The van der Waals surface area contributed by atoms with Gasteiger partial charge in [-0.05, 0) is 43.0 Å². The molecule has 2 aromatic heterocycles. The molecule has 2 N–H and O–H groups in total. The van der Waals surface area contributed by atoms with Gasteiger partial charge >= 0.3 is 12.0 Å². The standard InChI is InChI=1S/C18H20N4O3S/c1-2-25-17(23)16-11-13-10-14(4-5-15(13)26-16)21-18(24)20-6-3-8-22-9-7-19-12-22/h4-5,7,9-12H,2-3,6,8H2,1H3,(H2,20,21,24). The minimum absolute atomic E-state index is 0.254. The van der Waals surface area contributed by atoms with Gasteiger partial charge < -0.3 is 19.9 Å². The molecule has 136 valence electrons. The Labute approximate surface area is 155 Å². The van der Waals surface area contributed by atoms with E-state index in [4.69, 9.17) is 4.74 Å². The normalized spacial score (nSPS) is 10.7. The number of imidazole rings is 1. The van der Waals surface area contributed by atoms with Gasteiger partial charge in [-0.2, -0.15) is 0 Å². The van der Waals surface area contributed by atoms with Crippen LogP contribution in [0.2, 0.25) is 0 Å². The maximum atomic E-state index is 12.0. The highest BCUT2D eigenvalue weighted by Gasteiger charge is 2.11. The van der Waals surface area contributed by atoms with E-state index in [1.165, 1.54) is 11.3 Å². The molecular formula is C18H20N4O3S. The zero-order chi connectivity index (χ0) is 18.4. The summed E-state index contributed by atoms with van der Waals surface area (Å²) in [4.78, 5) is 28.3. The molecule has 0 saturated carbocycles. The number of carbonyl (C=O) groups is 2. The van der Waals surface area contributed by atoms with Crippen molar-refractivity contribution in [2.75, 3.05) is 18.5 Å². The maximum absolute atomic E-state index is 12.0. The monoisotopic (exact) mass is 372 g/mol. The number of anilines is 1. The minimum atomic E-state index is -0.321. The summed E-state index contributed by atoms with van der Waals surface area (Å²) in [5.41, 5.74) is 0.679. The number of nitrogens with zero attached hydrogens (tertiary/aromatic N) is 2. The highest BCUT2D eigenvalue weighted by molar-refractivity contribution is 7.20. The van der Waals surface area contributed by atoms with Crippen LogP contribution < -0.4 is 10.6 Å². The number of hydrogen-bond acceptors (Lipinski definition) is 5. The molecule has 0 bridgehead atoms. The smallest absolute Gasteiger partial charge is 0.348 e. The summed E-state index contributed by atoms with van der Waals surface area (Å²) in [6.45, 7) is 3.50. The third-order valence-corrected chi connectivity index (χ3v) is 4.78. The second-order valence-corrected chi connectivity index (χ2v) is 6.70. The van der Waals surface area contributed by atoms with Crippen LogP contribution in [0.3, 0.4) is 0 Å². The van der Waals surface area contributed by atoms with Crippen molar-refractivity contribution in [2.24, 2.45) is 0 Å². The Morgan fingerprint density at radius 3 is 2.96 bits per heavy atom. The van der Waals surface area contributed by atoms with E-state index in [0.29, 0.717) is 23.7 Å². The number of rotatable bonds is 7. The topological polar surface area (TPSA) is 85.2 Å². The van der Waals surface area contributed by atoms with Gasteiger partial charge in [-0.1, -0.05) is 0 Å². The maximum Gasteiger partial charge on any atom is 0.348 e. The van der Waals surface area contributed by atoms with E-state index >= 15 is 0 Å².